The fraction of sp³-hybridized carbons (Fsp3) is 0.727. The molecule has 94 valence electrons. The molecule has 1 heterocycles. The van der Waals surface area contributed by atoms with Gasteiger partial charge in [0.15, 0.2) is 0 Å². The van der Waals surface area contributed by atoms with Gasteiger partial charge in [-0.1, -0.05) is 0 Å². The second kappa shape index (κ2) is 4.83. The Kier molecular flexibility index (Phi) is 3.42. The quantitative estimate of drug-likeness (QED) is 0.674. The summed E-state index contributed by atoms with van der Waals surface area (Å²) in [5.41, 5.74) is 0. The first-order chi connectivity index (χ1) is 8.11. The highest BCUT2D eigenvalue weighted by Gasteiger charge is 2.41. The van der Waals surface area contributed by atoms with E-state index in [0.29, 0.717) is 0 Å². The average Bonchev–Trinajstić information content (AvgIpc) is 2.28. The number of urea groups is 1. The SMILES string of the molecule is COC1CCC(C2C(=O)NC(=O)NC2=O)CC1. The normalized spacial score (nSPS) is 31.0. The lowest BCUT2D eigenvalue weighted by Gasteiger charge is -2.33. The second-order valence-corrected chi connectivity index (χ2v) is 4.56. The molecule has 0 radical (unpaired) electrons. The van der Waals surface area contributed by atoms with Crippen LogP contribution in [0, 0.1) is 11.8 Å². The number of barbiturate groups is 1. The Hall–Kier alpha value is -1.43. The van der Waals surface area contributed by atoms with Crippen molar-refractivity contribution in [2.45, 2.75) is 31.8 Å². The van der Waals surface area contributed by atoms with Crippen LogP contribution in [0.5, 0.6) is 0 Å². The zero-order valence-electron chi connectivity index (χ0n) is 9.69. The van der Waals surface area contributed by atoms with Crippen LogP contribution >= 0.6 is 0 Å². The third-order valence-corrected chi connectivity index (χ3v) is 3.56. The largest absolute Gasteiger partial charge is 0.381 e. The summed E-state index contributed by atoms with van der Waals surface area (Å²) >= 11 is 0. The first-order valence-electron chi connectivity index (χ1n) is 5.80. The van der Waals surface area contributed by atoms with Crippen LogP contribution in [-0.2, 0) is 14.3 Å². The lowest BCUT2D eigenvalue weighted by Crippen LogP contribution is -2.58. The van der Waals surface area contributed by atoms with Crippen molar-refractivity contribution in [1.82, 2.24) is 10.6 Å². The van der Waals surface area contributed by atoms with Crippen LogP contribution < -0.4 is 10.6 Å². The summed E-state index contributed by atoms with van der Waals surface area (Å²) in [6.07, 6.45) is 3.48. The topological polar surface area (TPSA) is 84.5 Å². The van der Waals surface area contributed by atoms with Crippen molar-refractivity contribution in [2.75, 3.05) is 7.11 Å². The molecule has 4 amide bonds. The second-order valence-electron chi connectivity index (χ2n) is 4.56. The van der Waals surface area contributed by atoms with Crippen molar-refractivity contribution in [1.29, 1.82) is 0 Å². The van der Waals surface area contributed by atoms with Gasteiger partial charge in [-0.05, 0) is 31.6 Å². The lowest BCUT2D eigenvalue weighted by molar-refractivity contribution is -0.139. The summed E-state index contributed by atoms with van der Waals surface area (Å²) in [6.45, 7) is 0. The fourth-order valence-corrected chi connectivity index (χ4v) is 2.62. The summed E-state index contributed by atoms with van der Waals surface area (Å²) in [4.78, 5) is 34.2. The number of ether oxygens (including phenoxy) is 1. The predicted molar refractivity (Wildman–Crippen MR) is 57.9 cm³/mol. The van der Waals surface area contributed by atoms with E-state index in [9.17, 15) is 14.4 Å². The van der Waals surface area contributed by atoms with E-state index >= 15 is 0 Å². The van der Waals surface area contributed by atoms with E-state index in [1.807, 2.05) is 0 Å². The Labute approximate surface area is 99.1 Å². The van der Waals surface area contributed by atoms with Gasteiger partial charge < -0.3 is 4.74 Å². The van der Waals surface area contributed by atoms with Crippen molar-refractivity contribution in [3.8, 4) is 0 Å². The van der Waals surface area contributed by atoms with E-state index in [2.05, 4.69) is 10.6 Å². The Morgan fingerprint density at radius 2 is 1.53 bits per heavy atom. The van der Waals surface area contributed by atoms with Gasteiger partial charge >= 0.3 is 6.03 Å². The molecular formula is C11H16N2O4. The molecule has 1 saturated carbocycles. The Bertz CT molecular complexity index is 327. The molecule has 0 unspecified atom stereocenters. The van der Waals surface area contributed by atoms with E-state index < -0.39 is 23.8 Å². The molecule has 6 heteroatoms. The highest BCUT2D eigenvalue weighted by atomic mass is 16.5. The molecule has 6 nitrogen and oxygen atoms in total. The molecule has 0 atom stereocenters. The molecule has 0 spiro atoms. The summed E-state index contributed by atoms with van der Waals surface area (Å²) in [5.74, 6) is -1.67. The molecule has 2 fully saturated rings. The molecule has 0 aromatic rings. The number of nitrogens with one attached hydrogen (secondary N) is 2. The van der Waals surface area contributed by atoms with Gasteiger partial charge in [0.2, 0.25) is 11.8 Å². The van der Waals surface area contributed by atoms with Crippen molar-refractivity contribution in [2.24, 2.45) is 11.8 Å². The minimum Gasteiger partial charge on any atom is -0.381 e. The van der Waals surface area contributed by atoms with Crippen LogP contribution in [0.15, 0.2) is 0 Å². The molecule has 1 aliphatic carbocycles. The summed E-state index contributed by atoms with van der Waals surface area (Å²) in [7, 11) is 1.67. The van der Waals surface area contributed by atoms with E-state index in [4.69, 9.17) is 4.74 Å². The van der Waals surface area contributed by atoms with Crippen LogP contribution in [0.3, 0.4) is 0 Å². The molecule has 2 rings (SSSR count). The van der Waals surface area contributed by atoms with Gasteiger partial charge in [-0.25, -0.2) is 4.79 Å². The number of hydrogen-bond acceptors (Lipinski definition) is 4. The first kappa shape index (κ1) is 12.0. The van der Waals surface area contributed by atoms with Gasteiger partial charge in [-0.3, -0.25) is 20.2 Å². The molecule has 0 aromatic carbocycles. The molecule has 17 heavy (non-hydrogen) atoms. The lowest BCUT2D eigenvalue weighted by atomic mass is 9.77. The number of imide groups is 2. The number of carbonyl (C=O) groups excluding carboxylic acids is 3. The third-order valence-electron chi connectivity index (χ3n) is 3.56. The highest BCUT2D eigenvalue weighted by Crippen LogP contribution is 2.32. The van der Waals surface area contributed by atoms with Crippen molar-refractivity contribution in [3.63, 3.8) is 0 Å². The minimum atomic E-state index is -0.731. The molecule has 2 aliphatic rings. The Morgan fingerprint density at radius 1 is 1.00 bits per heavy atom. The van der Waals surface area contributed by atoms with Crippen LogP contribution in [0.4, 0.5) is 4.79 Å². The average molecular weight is 240 g/mol. The van der Waals surface area contributed by atoms with Gasteiger partial charge in [0.1, 0.15) is 5.92 Å². The van der Waals surface area contributed by atoms with Crippen molar-refractivity contribution < 1.29 is 19.1 Å². The third kappa shape index (κ3) is 2.46. The van der Waals surface area contributed by atoms with Gasteiger partial charge in [0, 0.05) is 7.11 Å². The monoisotopic (exact) mass is 240 g/mol. The molecule has 0 bridgehead atoms. The van der Waals surface area contributed by atoms with E-state index in [-0.39, 0.29) is 12.0 Å². The number of methoxy groups -OCH3 is 1. The molecule has 1 saturated heterocycles. The number of amides is 4. The first-order valence-corrected chi connectivity index (χ1v) is 5.80. The molecule has 0 aromatic heterocycles. The maximum absolute atomic E-state index is 11.6. The highest BCUT2D eigenvalue weighted by molar-refractivity contribution is 6.16. The molecule has 2 N–H and O–H groups in total. The molecular weight excluding hydrogens is 224 g/mol. The summed E-state index contributed by atoms with van der Waals surface area (Å²) in [6, 6.07) is -0.721. The number of hydrogen-bond donors (Lipinski definition) is 2. The molecule has 1 aliphatic heterocycles. The van der Waals surface area contributed by atoms with Crippen molar-refractivity contribution in [3.05, 3.63) is 0 Å². The van der Waals surface area contributed by atoms with E-state index in [1.165, 1.54) is 0 Å². The van der Waals surface area contributed by atoms with E-state index in [0.717, 1.165) is 25.7 Å². The smallest absolute Gasteiger partial charge is 0.328 e. The maximum Gasteiger partial charge on any atom is 0.328 e. The maximum atomic E-state index is 11.6. The zero-order valence-corrected chi connectivity index (χ0v) is 9.69. The van der Waals surface area contributed by atoms with E-state index in [1.54, 1.807) is 7.11 Å². The predicted octanol–water partition coefficient (Wildman–Crippen LogP) is 0.174. The summed E-state index contributed by atoms with van der Waals surface area (Å²) in [5, 5.41) is 4.28. The van der Waals surface area contributed by atoms with Crippen LogP contribution in [0.2, 0.25) is 0 Å². The van der Waals surface area contributed by atoms with Crippen LogP contribution in [0.1, 0.15) is 25.7 Å². The summed E-state index contributed by atoms with van der Waals surface area (Å²) < 4.78 is 5.24. The van der Waals surface area contributed by atoms with Crippen LogP contribution in [-0.4, -0.2) is 31.1 Å². The fourth-order valence-electron chi connectivity index (χ4n) is 2.62. The number of rotatable bonds is 2. The zero-order chi connectivity index (χ0) is 12.4. The Balaban J connectivity index is 2.00. The van der Waals surface area contributed by atoms with Crippen molar-refractivity contribution >= 4 is 17.8 Å². The number of carbonyl (C=O) groups is 3. The van der Waals surface area contributed by atoms with Crippen LogP contribution in [0.25, 0.3) is 0 Å². The standard InChI is InChI=1S/C11H16N2O4/c1-17-7-4-2-6(3-5-7)8-9(14)12-11(16)13-10(8)15/h6-8H,2-5H2,1H3,(H2,12,13,14,15,16). The van der Waals surface area contributed by atoms with Gasteiger partial charge in [0.05, 0.1) is 6.10 Å². The van der Waals surface area contributed by atoms with Gasteiger partial charge in [-0.2, -0.15) is 0 Å². The Morgan fingerprint density at radius 3 is 2.00 bits per heavy atom. The minimum absolute atomic E-state index is 0.00880. The van der Waals surface area contributed by atoms with Gasteiger partial charge in [0.25, 0.3) is 0 Å². The van der Waals surface area contributed by atoms with Gasteiger partial charge in [-0.15, -0.1) is 0 Å².